The van der Waals surface area contributed by atoms with Gasteiger partial charge in [0.15, 0.2) is 0 Å². The zero-order valence-corrected chi connectivity index (χ0v) is 10.7. The van der Waals surface area contributed by atoms with E-state index in [0.29, 0.717) is 5.17 Å². The van der Waals surface area contributed by atoms with Crippen molar-refractivity contribution in [2.24, 2.45) is 10.1 Å². The Kier molecular flexibility index (Phi) is 4.30. The smallest absolute Gasteiger partial charge is 0.267 e. The first-order valence-corrected chi connectivity index (χ1v) is 6.41. The van der Waals surface area contributed by atoms with Crippen molar-refractivity contribution < 1.29 is 4.79 Å². The predicted octanol–water partition coefficient (Wildman–Crippen LogP) is 2.66. The third-order valence-corrected chi connectivity index (χ3v) is 3.14. The molecule has 0 aromatic heterocycles. The predicted molar refractivity (Wildman–Crippen MR) is 75.4 cm³/mol. The van der Waals surface area contributed by atoms with Crippen molar-refractivity contribution in [3.8, 4) is 0 Å². The molecule has 0 unspecified atom stereocenters. The maximum Gasteiger partial charge on any atom is 0.272 e. The molecule has 1 aliphatic heterocycles. The number of nitrogens with zero attached hydrogens (tertiary/aromatic N) is 3. The van der Waals surface area contributed by atoms with Crippen LogP contribution in [0.4, 0.5) is 0 Å². The van der Waals surface area contributed by atoms with Gasteiger partial charge in [-0.3, -0.25) is 4.79 Å². The SMILES string of the molecule is CCC1=N[N]C(=NC(=O)C=Cc2ccccc2)S1. The van der Waals surface area contributed by atoms with Gasteiger partial charge in [0.25, 0.3) is 5.91 Å². The molecule has 4 nitrogen and oxygen atoms in total. The van der Waals surface area contributed by atoms with Crippen molar-refractivity contribution in [2.45, 2.75) is 13.3 Å². The third-order valence-electron chi connectivity index (χ3n) is 2.18. The summed E-state index contributed by atoms with van der Waals surface area (Å²) >= 11 is 1.34. The Hall–Kier alpha value is -1.88. The fraction of sp³-hybridized carbons (Fsp3) is 0.154. The molecule has 0 saturated carbocycles. The standard InChI is InChI=1S/C13H12N3OS/c1-2-12-15-16-13(18-12)14-11(17)9-8-10-6-4-3-5-7-10/h3-9H,2H2,1H3. The quantitative estimate of drug-likeness (QED) is 0.783. The van der Waals surface area contributed by atoms with Crippen LogP contribution in [0.1, 0.15) is 18.9 Å². The van der Waals surface area contributed by atoms with Gasteiger partial charge in [0.1, 0.15) is 5.04 Å². The Morgan fingerprint density at radius 3 is 2.83 bits per heavy atom. The van der Waals surface area contributed by atoms with Crippen molar-refractivity contribution >= 4 is 34.0 Å². The first-order valence-electron chi connectivity index (χ1n) is 5.59. The van der Waals surface area contributed by atoms with E-state index in [0.717, 1.165) is 17.0 Å². The lowest BCUT2D eigenvalue weighted by Crippen LogP contribution is -2.02. The molecular formula is C13H12N3OS. The lowest BCUT2D eigenvalue weighted by atomic mass is 10.2. The maximum absolute atomic E-state index is 11.6. The second-order valence-corrected chi connectivity index (χ2v) is 4.57. The summed E-state index contributed by atoms with van der Waals surface area (Å²) in [7, 11) is 0. The van der Waals surface area contributed by atoms with E-state index in [1.807, 2.05) is 37.3 Å². The molecule has 0 aliphatic carbocycles. The van der Waals surface area contributed by atoms with Crippen LogP contribution in [0.25, 0.3) is 6.08 Å². The number of hydrogen-bond donors (Lipinski definition) is 0. The summed E-state index contributed by atoms with van der Waals surface area (Å²) in [5.41, 5.74) is 4.79. The topological polar surface area (TPSA) is 55.9 Å². The molecule has 5 heteroatoms. The first kappa shape index (κ1) is 12.6. The number of hydrogen-bond acceptors (Lipinski definition) is 3. The highest BCUT2D eigenvalue weighted by Crippen LogP contribution is 2.15. The zero-order valence-electron chi connectivity index (χ0n) is 9.91. The van der Waals surface area contributed by atoms with Crippen molar-refractivity contribution in [3.63, 3.8) is 0 Å². The van der Waals surface area contributed by atoms with Gasteiger partial charge in [-0.1, -0.05) is 37.3 Å². The molecule has 0 N–H and O–H groups in total. The number of benzene rings is 1. The Balaban J connectivity index is 1.94. The molecule has 0 spiro atoms. The number of carbonyl (C=O) groups is 1. The van der Waals surface area contributed by atoms with Crippen LogP contribution < -0.4 is 5.43 Å². The second-order valence-electron chi connectivity index (χ2n) is 3.53. The summed E-state index contributed by atoms with van der Waals surface area (Å²) in [5, 5.41) is 5.20. The number of aliphatic imine (C=N–C) groups is 1. The van der Waals surface area contributed by atoms with E-state index in [1.54, 1.807) is 6.08 Å². The monoisotopic (exact) mass is 258 g/mol. The summed E-state index contributed by atoms with van der Waals surface area (Å²) in [5.74, 6) is -0.322. The van der Waals surface area contributed by atoms with E-state index in [4.69, 9.17) is 0 Å². The summed E-state index contributed by atoms with van der Waals surface area (Å²) in [6.45, 7) is 1.99. The van der Waals surface area contributed by atoms with Crippen LogP contribution in [0.5, 0.6) is 0 Å². The van der Waals surface area contributed by atoms with Gasteiger partial charge in [-0.25, -0.2) is 0 Å². The second kappa shape index (κ2) is 6.16. The normalized spacial score (nSPS) is 16.9. The van der Waals surface area contributed by atoms with Crippen molar-refractivity contribution in [1.29, 1.82) is 0 Å². The van der Waals surface area contributed by atoms with Gasteiger partial charge in [-0.2, -0.15) is 4.99 Å². The fourth-order valence-electron chi connectivity index (χ4n) is 1.30. The summed E-state index contributed by atoms with van der Waals surface area (Å²) in [4.78, 5) is 15.4. The van der Waals surface area contributed by atoms with Gasteiger partial charge in [0, 0.05) is 6.08 Å². The minimum absolute atomic E-state index is 0.322. The molecule has 0 bridgehead atoms. The van der Waals surface area contributed by atoms with E-state index in [-0.39, 0.29) is 5.91 Å². The van der Waals surface area contributed by atoms with E-state index in [1.165, 1.54) is 17.8 Å². The van der Waals surface area contributed by atoms with Crippen LogP contribution in [0.15, 0.2) is 46.5 Å². The number of amidine groups is 1. The average Bonchev–Trinajstić information content (AvgIpc) is 2.85. The Morgan fingerprint density at radius 1 is 1.39 bits per heavy atom. The van der Waals surface area contributed by atoms with E-state index >= 15 is 0 Å². The molecule has 0 saturated heterocycles. The van der Waals surface area contributed by atoms with Gasteiger partial charge in [0.2, 0.25) is 5.17 Å². The Labute approximate surface area is 110 Å². The van der Waals surface area contributed by atoms with Crippen LogP contribution in [0, 0.1) is 0 Å². The molecule has 18 heavy (non-hydrogen) atoms. The van der Waals surface area contributed by atoms with Crippen LogP contribution in [-0.4, -0.2) is 16.1 Å². The Morgan fingerprint density at radius 2 is 2.17 bits per heavy atom. The highest BCUT2D eigenvalue weighted by atomic mass is 32.2. The molecule has 1 radical (unpaired) electrons. The van der Waals surface area contributed by atoms with Gasteiger partial charge in [0.05, 0.1) is 0 Å². The highest BCUT2D eigenvalue weighted by Gasteiger charge is 2.15. The first-order chi connectivity index (χ1) is 8.78. The zero-order chi connectivity index (χ0) is 12.8. The van der Waals surface area contributed by atoms with E-state index in [9.17, 15) is 4.79 Å². The molecule has 0 fully saturated rings. The number of carbonyl (C=O) groups excluding carboxylic acids is 1. The van der Waals surface area contributed by atoms with Crippen LogP contribution in [-0.2, 0) is 4.79 Å². The molecule has 1 amide bonds. The number of amides is 1. The highest BCUT2D eigenvalue weighted by molar-refractivity contribution is 8.26. The van der Waals surface area contributed by atoms with Crippen LogP contribution in [0.3, 0.4) is 0 Å². The number of rotatable bonds is 3. The fourth-order valence-corrected chi connectivity index (χ4v) is 1.95. The summed E-state index contributed by atoms with van der Waals surface area (Å²) < 4.78 is 0. The molecule has 1 aliphatic rings. The van der Waals surface area contributed by atoms with Gasteiger partial charge in [-0.05, 0) is 29.8 Å². The average molecular weight is 258 g/mol. The minimum Gasteiger partial charge on any atom is -0.267 e. The Bertz CT molecular complexity index is 520. The molecule has 91 valence electrons. The van der Waals surface area contributed by atoms with Gasteiger partial charge >= 0.3 is 0 Å². The van der Waals surface area contributed by atoms with E-state index in [2.05, 4.69) is 15.5 Å². The van der Waals surface area contributed by atoms with Crippen LogP contribution >= 0.6 is 11.8 Å². The maximum atomic E-state index is 11.6. The third kappa shape index (κ3) is 3.56. The minimum atomic E-state index is -0.322. The summed E-state index contributed by atoms with van der Waals surface area (Å²) in [6.07, 6.45) is 3.97. The van der Waals surface area contributed by atoms with Crippen LogP contribution in [0.2, 0.25) is 0 Å². The molecule has 1 aromatic carbocycles. The van der Waals surface area contributed by atoms with Crippen molar-refractivity contribution in [3.05, 3.63) is 42.0 Å². The lowest BCUT2D eigenvalue weighted by molar-refractivity contribution is -0.113. The molecule has 2 rings (SSSR count). The van der Waals surface area contributed by atoms with Gasteiger partial charge in [-0.15, -0.1) is 10.5 Å². The number of thioether (sulfide) groups is 1. The summed E-state index contributed by atoms with van der Waals surface area (Å²) in [6, 6.07) is 9.60. The molecule has 1 aromatic rings. The van der Waals surface area contributed by atoms with Crippen molar-refractivity contribution in [1.82, 2.24) is 5.43 Å². The molecule has 1 heterocycles. The molecular weight excluding hydrogens is 246 g/mol. The lowest BCUT2D eigenvalue weighted by Gasteiger charge is -1.91. The molecule has 0 atom stereocenters. The van der Waals surface area contributed by atoms with Crippen molar-refractivity contribution in [2.75, 3.05) is 0 Å². The largest absolute Gasteiger partial charge is 0.272 e. The van der Waals surface area contributed by atoms with Gasteiger partial charge < -0.3 is 0 Å². The van der Waals surface area contributed by atoms with E-state index < -0.39 is 0 Å².